The Labute approximate surface area is 73.6 Å². The molecule has 2 rings (SSSR count). The van der Waals surface area contributed by atoms with E-state index in [1.807, 2.05) is 30.3 Å². The van der Waals surface area contributed by atoms with Crippen LogP contribution < -0.4 is 5.19 Å². The molecule has 0 saturated heterocycles. The summed E-state index contributed by atoms with van der Waals surface area (Å²) < 4.78 is 0. The second kappa shape index (κ2) is 3.09. The predicted octanol–water partition coefficient (Wildman–Crippen LogP) is 1.08. The van der Waals surface area contributed by atoms with Crippen molar-refractivity contribution in [2.45, 2.75) is 0 Å². The molecule has 58 valence electrons. The van der Waals surface area contributed by atoms with Gasteiger partial charge in [-0.2, -0.15) is 0 Å². The molecule has 0 saturated carbocycles. The van der Waals surface area contributed by atoms with Crippen molar-refractivity contribution in [3.8, 4) is 0 Å². The van der Waals surface area contributed by atoms with Crippen molar-refractivity contribution >= 4 is 25.7 Å². The summed E-state index contributed by atoms with van der Waals surface area (Å²) in [7, 11) is -0.116. The third-order valence-electron chi connectivity index (χ3n) is 1.91. The van der Waals surface area contributed by atoms with Gasteiger partial charge in [0.25, 0.3) is 9.76 Å². The standard InChI is InChI=1S/C10H8OSi/c11-12-10-7-3-5-8-4-1-2-6-9(8)10/h1-7,11H. The number of fused-ring (bicyclic) bond motifs is 1. The van der Waals surface area contributed by atoms with E-state index < -0.39 is 0 Å². The normalized spacial score (nSPS) is 10.4. The molecule has 0 aliphatic rings. The second-order valence-electron chi connectivity index (χ2n) is 2.64. The van der Waals surface area contributed by atoms with Crippen LogP contribution >= 0.6 is 0 Å². The minimum Gasteiger partial charge on any atom is -0.428 e. The summed E-state index contributed by atoms with van der Waals surface area (Å²) in [6, 6.07) is 14.1. The van der Waals surface area contributed by atoms with Crippen LogP contribution in [0.2, 0.25) is 0 Å². The molecule has 0 aliphatic carbocycles. The first-order chi connectivity index (χ1) is 5.92. The van der Waals surface area contributed by atoms with Crippen LogP contribution in [0.25, 0.3) is 10.8 Å². The van der Waals surface area contributed by atoms with Crippen molar-refractivity contribution in [3.63, 3.8) is 0 Å². The Hall–Kier alpha value is -1.12. The Morgan fingerprint density at radius 2 is 1.67 bits per heavy atom. The summed E-state index contributed by atoms with van der Waals surface area (Å²) in [5.74, 6) is 0. The fourth-order valence-corrected chi connectivity index (χ4v) is 1.84. The van der Waals surface area contributed by atoms with Crippen molar-refractivity contribution in [3.05, 3.63) is 42.5 Å². The SMILES string of the molecule is O[Si]c1cccc2ccccc12. The van der Waals surface area contributed by atoms with Crippen LogP contribution in [-0.4, -0.2) is 14.6 Å². The van der Waals surface area contributed by atoms with Crippen molar-refractivity contribution in [1.82, 2.24) is 0 Å². The number of hydrogen-bond donors (Lipinski definition) is 1. The molecular formula is C10H8OSi. The third-order valence-corrected chi connectivity index (χ3v) is 2.59. The molecule has 12 heavy (non-hydrogen) atoms. The maximum atomic E-state index is 9.06. The lowest BCUT2D eigenvalue weighted by molar-refractivity contribution is 0.616. The lowest BCUT2D eigenvalue weighted by Gasteiger charge is -2.00. The molecule has 1 nitrogen and oxygen atoms in total. The van der Waals surface area contributed by atoms with Crippen molar-refractivity contribution in [2.24, 2.45) is 0 Å². The van der Waals surface area contributed by atoms with Gasteiger partial charge in [-0.1, -0.05) is 42.5 Å². The second-order valence-corrected chi connectivity index (χ2v) is 3.40. The van der Waals surface area contributed by atoms with Gasteiger partial charge >= 0.3 is 0 Å². The summed E-state index contributed by atoms with van der Waals surface area (Å²) in [4.78, 5) is 9.06. The van der Waals surface area contributed by atoms with Crippen LogP contribution in [0.5, 0.6) is 0 Å². The van der Waals surface area contributed by atoms with Gasteiger partial charge in [0.05, 0.1) is 0 Å². The highest BCUT2D eigenvalue weighted by molar-refractivity contribution is 6.50. The van der Waals surface area contributed by atoms with E-state index >= 15 is 0 Å². The molecular weight excluding hydrogens is 164 g/mol. The van der Waals surface area contributed by atoms with Gasteiger partial charge in [-0.3, -0.25) is 0 Å². The Balaban J connectivity index is 2.79. The van der Waals surface area contributed by atoms with E-state index in [1.54, 1.807) is 0 Å². The minimum atomic E-state index is -0.116. The maximum Gasteiger partial charge on any atom is 0.266 e. The number of benzene rings is 2. The van der Waals surface area contributed by atoms with Crippen LogP contribution in [0.4, 0.5) is 0 Å². The van der Waals surface area contributed by atoms with Crippen LogP contribution in [0.3, 0.4) is 0 Å². The molecule has 0 atom stereocenters. The Kier molecular flexibility index (Phi) is 1.94. The third kappa shape index (κ3) is 1.15. The Bertz CT molecular complexity index is 392. The highest BCUT2D eigenvalue weighted by Gasteiger charge is 1.98. The van der Waals surface area contributed by atoms with E-state index in [0.29, 0.717) is 0 Å². The molecule has 0 aliphatic heterocycles. The lowest BCUT2D eigenvalue weighted by atomic mass is 10.1. The molecule has 2 aromatic carbocycles. The Morgan fingerprint density at radius 3 is 2.50 bits per heavy atom. The van der Waals surface area contributed by atoms with Gasteiger partial charge in [0.15, 0.2) is 0 Å². The zero-order valence-corrected chi connectivity index (χ0v) is 7.49. The lowest BCUT2D eigenvalue weighted by Crippen LogP contribution is -2.13. The van der Waals surface area contributed by atoms with Crippen LogP contribution in [-0.2, 0) is 0 Å². The average molecular weight is 172 g/mol. The van der Waals surface area contributed by atoms with E-state index in [9.17, 15) is 0 Å². The zero-order chi connectivity index (χ0) is 8.39. The van der Waals surface area contributed by atoms with Crippen LogP contribution in [0, 0.1) is 0 Å². The zero-order valence-electron chi connectivity index (χ0n) is 6.49. The monoisotopic (exact) mass is 172 g/mol. The molecule has 0 amide bonds. The van der Waals surface area contributed by atoms with Gasteiger partial charge < -0.3 is 4.80 Å². The molecule has 0 unspecified atom stereocenters. The smallest absolute Gasteiger partial charge is 0.266 e. The highest BCUT2D eigenvalue weighted by atomic mass is 28.2. The fourth-order valence-electron chi connectivity index (χ4n) is 1.32. The van der Waals surface area contributed by atoms with Gasteiger partial charge in [-0.25, -0.2) is 0 Å². The van der Waals surface area contributed by atoms with Crippen LogP contribution in [0.15, 0.2) is 42.5 Å². The first-order valence-electron chi connectivity index (χ1n) is 3.79. The van der Waals surface area contributed by atoms with E-state index in [1.165, 1.54) is 5.39 Å². The van der Waals surface area contributed by atoms with Gasteiger partial charge in [0, 0.05) is 0 Å². The minimum absolute atomic E-state index is 0.116. The summed E-state index contributed by atoms with van der Waals surface area (Å²) in [5, 5.41) is 3.37. The largest absolute Gasteiger partial charge is 0.428 e. The number of rotatable bonds is 1. The summed E-state index contributed by atoms with van der Waals surface area (Å²) in [5.41, 5.74) is 0. The summed E-state index contributed by atoms with van der Waals surface area (Å²) in [6.07, 6.45) is 0. The molecule has 2 aromatic rings. The number of hydrogen-bond acceptors (Lipinski definition) is 1. The molecule has 0 heterocycles. The fraction of sp³-hybridized carbons (Fsp3) is 0. The Morgan fingerprint density at radius 1 is 0.917 bits per heavy atom. The van der Waals surface area contributed by atoms with Gasteiger partial charge in [-0.15, -0.1) is 0 Å². The molecule has 0 bridgehead atoms. The first kappa shape index (κ1) is 7.52. The van der Waals surface area contributed by atoms with Crippen molar-refractivity contribution in [2.75, 3.05) is 0 Å². The van der Waals surface area contributed by atoms with E-state index in [4.69, 9.17) is 4.80 Å². The molecule has 1 N–H and O–H groups in total. The molecule has 2 radical (unpaired) electrons. The van der Waals surface area contributed by atoms with E-state index in [0.717, 1.165) is 10.6 Å². The average Bonchev–Trinajstić information content (AvgIpc) is 2.17. The van der Waals surface area contributed by atoms with Crippen molar-refractivity contribution in [1.29, 1.82) is 0 Å². The van der Waals surface area contributed by atoms with E-state index in [-0.39, 0.29) is 9.76 Å². The van der Waals surface area contributed by atoms with Gasteiger partial charge in [0.1, 0.15) is 0 Å². The molecule has 0 fully saturated rings. The summed E-state index contributed by atoms with van der Waals surface area (Å²) >= 11 is 0. The first-order valence-corrected chi connectivity index (χ1v) is 4.74. The van der Waals surface area contributed by atoms with Gasteiger partial charge in [0.2, 0.25) is 0 Å². The van der Waals surface area contributed by atoms with Crippen molar-refractivity contribution < 1.29 is 4.80 Å². The van der Waals surface area contributed by atoms with Crippen LogP contribution in [0.1, 0.15) is 0 Å². The predicted molar refractivity (Wildman–Crippen MR) is 51.6 cm³/mol. The van der Waals surface area contributed by atoms with E-state index in [2.05, 4.69) is 12.1 Å². The molecule has 2 heteroatoms. The van der Waals surface area contributed by atoms with Gasteiger partial charge in [-0.05, 0) is 16.0 Å². The quantitative estimate of drug-likeness (QED) is 0.638. The topological polar surface area (TPSA) is 20.2 Å². The maximum absolute atomic E-state index is 9.06. The highest BCUT2D eigenvalue weighted by Crippen LogP contribution is 2.09. The molecule has 0 aromatic heterocycles. The molecule has 0 spiro atoms. The summed E-state index contributed by atoms with van der Waals surface area (Å²) in [6.45, 7) is 0.